The van der Waals surface area contributed by atoms with E-state index in [1.54, 1.807) is 0 Å². The van der Waals surface area contributed by atoms with Crippen LogP contribution in [0.1, 0.15) is 0 Å². The minimum Gasteiger partial charge on any atom is -0.484 e. The molecule has 94 valence electrons. The van der Waals surface area contributed by atoms with Crippen LogP contribution < -0.4 is 4.74 Å². The lowest BCUT2D eigenvalue weighted by atomic mass is 9.47. The number of rotatable bonds is 3. The van der Waals surface area contributed by atoms with E-state index >= 15 is 0 Å². The number of benzene rings is 1. The lowest BCUT2D eigenvalue weighted by Gasteiger charge is -2.47. The van der Waals surface area contributed by atoms with Gasteiger partial charge in [0.2, 0.25) is 5.82 Å². The maximum atomic E-state index is 13.4. The number of ether oxygens (including phenoxy) is 1. The molecular weight excluding hydrogens is 240 g/mol. The third kappa shape index (κ3) is 2.69. The molecule has 0 aliphatic carbocycles. The SMILES string of the molecule is BC(B)(B)N1CC(Oc2cc(F)cc(F)c2F)C1. The Morgan fingerprint density at radius 3 is 2.33 bits per heavy atom. The first-order valence-corrected chi connectivity index (χ1v) is 5.83. The number of hydrogen-bond acceptors (Lipinski definition) is 2. The second-order valence-corrected chi connectivity index (χ2v) is 5.52. The summed E-state index contributed by atoms with van der Waals surface area (Å²) < 4.78 is 44.5. The first kappa shape index (κ1) is 13.4. The predicted octanol–water partition coefficient (Wildman–Crippen LogP) is -1.32. The van der Waals surface area contributed by atoms with E-state index in [0.29, 0.717) is 19.2 Å². The Balaban J connectivity index is 2.01. The predicted molar refractivity (Wildman–Crippen MR) is 70.7 cm³/mol. The Labute approximate surface area is 107 Å². The maximum absolute atomic E-state index is 13.4. The first-order chi connectivity index (χ1) is 8.27. The third-order valence-corrected chi connectivity index (χ3v) is 3.05. The highest BCUT2D eigenvalue weighted by molar-refractivity contribution is 6.59. The molecule has 18 heavy (non-hydrogen) atoms. The van der Waals surface area contributed by atoms with E-state index < -0.39 is 17.5 Å². The van der Waals surface area contributed by atoms with Gasteiger partial charge in [0.1, 0.15) is 35.5 Å². The summed E-state index contributed by atoms with van der Waals surface area (Å²) in [4.78, 5) is 2.14. The van der Waals surface area contributed by atoms with Crippen molar-refractivity contribution in [2.75, 3.05) is 13.1 Å². The minimum absolute atomic E-state index is 0.0194. The largest absolute Gasteiger partial charge is 0.484 e. The quantitative estimate of drug-likeness (QED) is 0.489. The van der Waals surface area contributed by atoms with Gasteiger partial charge in [-0.2, -0.15) is 4.39 Å². The molecule has 0 aromatic heterocycles. The van der Waals surface area contributed by atoms with Crippen molar-refractivity contribution in [2.24, 2.45) is 0 Å². The molecule has 2 rings (SSSR count). The molecule has 8 heteroatoms. The van der Waals surface area contributed by atoms with Crippen LogP contribution >= 0.6 is 0 Å². The number of halogens is 3. The van der Waals surface area contributed by atoms with Crippen molar-refractivity contribution in [1.82, 2.24) is 4.90 Å². The van der Waals surface area contributed by atoms with Gasteiger partial charge in [-0.15, -0.1) is 0 Å². The molecule has 0 atom stereocenters. The second kappa shape index (κ2) is 4.57. The summed E-state index contributed by atoms with van der Waals surface area (Å²) in [7, 11) is 6.18. The van der Waals surface area contributed by atoms with Gasteiger partial charge in [0.25, 0.3) is 0 Å². The van der Waals surface area contributed by atoms with Crippen molar-refractivity contribution in [3.05, 3.63) is 29.6 Å². The van der Waals surface area contributed by atoms with E-state index in [2.05, 4.69) is 28.4 Å². The van der Waals surface area contributed by atoms with Gasteiger partial charge in [-0.05, 0) is 0 Å². The number of hydrogen-bond donors (Lipinski definition) is 0. The topological polar surface area (TPSA) is 12.5 Å². The Morgan fingerprint density at radius 2 is 1.78 bits per heavy atom. The summed E-state index contributed by atoms with van der Waals surface area (Å²) in [6.45, 7) is 1.25. The standard InChI is InChI=1S/C10H13B3F3NO/c11-10(12,13)17-3-6(4-17)18-8-2-5(14)1-7(15)9(8)16/h1-2,6H,3-4,11-13H2. The Hall–Kier alpha value is -1.04. The van der Waals surface area contributed by atoms with Crippen molar-refractivity contribution in [2.45, 2.75) is 11.3 Å². The van der Waals surface area contributed by atoms with Crippen molar-refractivity contribution in [3.8, 4) is 5.75 Å². The summed E-state index contributed by atoms with van der Waals surface area (Å²) in [5.74, 6) is -3.55. The van der Waals surface area contributed by atoms with Crippen LogP contribution in [0.15, 0.2) is 12.1 Å². The van der Waals surface area contributed by atoms with Gasteiger partial charge in [-0.25, -0.2) is 8.78 Å². The molecule has 1 aliphatic rings. The van der Waals surface area contributed by atoms with Crippen LogP contribution in [0.4, 0.5) is 13.2 Å². The van der Waals surface area contributed by atoms with Crippen molar-refractivity contribution in [1.29, 1.82) is 0 Å². The van der Waals surface area contributed by atoms with Crippen molar-refractivity contribution in [3.63, 3.8) is 0 Å². The molecule has 0 amide bonds. The van der Waals surface area contributed by atoms with Gasteiger partial charge in [-0.1, -0.05) is 5.24 Å². The Bertz CT molecular complexity index is 460. The third-order valence-electron chi connectivity index (χ3n) is 3.05. The van der Waals surface area contributed by atoms with E-state index in [1.165, 1.54) is 0 Å². The van der Waals surface area contributed by atoms with E-state index in [0.717, 1.165) is 6.07 Å². The number of likely N-dealkylation sites (tertiary alicyclic amines) is 1. The van der Waals surface area contributed by atoms with Crippen molar-refractivity contribution < 1.29 is 17.9 Å². The lowest BCUT2D eigenvalue weighted by molar-refractivity contribution is 0.0141. The van der Waals surface area contributed by atoms with E-state index in [9.17, 15) is 13.2 Å². The van der Waals surface area contributed by atoms with Crippen LogP contribution in [0.2, 0.25) is 0 Å². The molecule has 0 unspecified atom stereocenters. The van der Waals surface area contributed by atoms with Gasteiger partial charge in [0, 0.05) is 25.2 Å². The van der Waals surface area contributed by atoms with Crippen LogP contribution in [0, 0.1) is 17.5 Å². The Kier molecular flexibility index (Phi) is 3.40. The van der Waals surface area contributed by atoms with Crippen LogP contribution in [-0.2, 0) is 0 Å². The van der Waals surface area contributed by atoms with E-state index in [1.807, 2.05) is 0 Å². The molecule has 0 saturated carbocycles. The zero-order chi connectivity index (χ0) is 13.5. The summed E-state index contributed by atoms with van der Waals surface area (Å²) in [6.07, 6.45) is -0.222. The highest BCUT2D eigenvalue weighted by Gasteiger charge is 2.36. The highest BCUT2D eigenvalue weighted by atomic mass is 19.2. The normalized spacial score (nSPS) is 17.5. The maximum Gasteiger partial charge on any atom is 0.200 e. The average molecular weight is 253 g/mol. The smallest absolute Gasteiger partial charge is 0.200 e. The molecule has 2 nitrogen and oxygen atoms in total. The lowest BCUT2D eigenvalue weighted by Crippen LogP contribution is -2.65. The molecule has 1 aromatic rings. The van der Waals surface area contributed by atoms with Gasteiger partial charge < -0.3 is 9.64 Å². The van der Waals surface area contributed by atoms with Gasteiger partial charge in [0.05, 0.1) is 0 Å². The van der Waals surface area contributed by atoms with E-state index in [4.69, 9.17) is 4.74 Å². The molecular formula is C10H13B3F3NO. The first-order valence-electron chi connectivity index (χ1n) is 5.83. The fourth-order valence-electron chi connectivity index (χ4n) is 1.86. The molecule has 1 heterocycles. The molecule has 1 saturated heterocycles. The molecule has 1 aliphatic heterocycles. The molecule has 1 fully saturated rings. The average Bonchev–Trinajstić information content (AvgIpc) is 2.15. The Morgan fingerprint density at radius 1 is 1.17 bits per heavy atom. The van der Waals surface area contributed by atoms with E-state index in [-0.39, 0.29) is 17.1 Å². The fraction of sp³-hybridized carbons (Fsp3) is 0.400. The summed E-state index contributed by atoms with van der Waals surface area (Å²) >= 11 is 0. The van der Waals surface area contributed by atoms with Gasteiger partial charge in [0.15, 0.2) is 11.6 Å². The fourth-order valence-corrected chi connectivity index (χ4v) is 1.86. The minimum atomic E-state index is -1.22. The highest BCUT2D eigenvalue weighted by Crippen LogP contribution is 2.26. The summed E-state index contributed by atoms with van der Waals surface area (Å²) in [6, 6.07) is 1.38. The zero-order valence-corrected chi connectivity index (χ0v) is 10.6. The molecule has 1 aromatic carbocycles. The monoisotopic (exact) mass is 253 g/mol. The zero-order valence-electron chi connectivity index (χ0n) is 10.6. The summed E-state index contributed by atoms with van der Waals surface area (Å²) in [5.41, 5.74) is 0. The summed E-state index contributed by atoms with van der Waals surface area (Å²) in [5, 5.41) is 0.0194. The van der Waals surface area contributed by atoms with Crippen LogP contribution in [0.5, 0.6) is 5.75 Å². The van der Waals surface area contributed by atoms with Crippen molar-refractivity contribution >= 4 is 23.5 Å². The van der Waals surface area contributed by atoms with Gasteiger partial charge >= 0.3 is 0 Å². The number of nitrogens with zero attached hydrogens (tertiary/aromatic N) is 1. The molecule has 0 bridgehead atoms. The van der Waals surface area contributed by atoms with Gasteiger partial charge in [-0.3, -0.25) is 0 Å². The molecule has 0 N–H and O–H groups in total. The van der Waals surface area contributed by atoms with Crippen LogP contribution in [0.3, 0.4) is 0 Å². The molecule has 0 spiro atoms. The van der Waals surface area contributed by atoms with Crippen LogP contribution in [0.25, 0.3) is 0 Å². The second-order valence-electron chi connectivity index (χ2n) is 5.52. The van der Waals surface area contributed by atoms with Crippen LogP contribution in [-0.4, -0.2) is 52.9 Å². The molecule has 0 radical (unpaired) electrons.